The predicted molar refractivity (Wildman–Crippen MR) is 160 cm³/mol. The fourth-order valence-corrected chi connectivity index (χ4v) is 5.48. The number of aliphatic hydroxyl groups is 1. The van der Waals surface area contributed by atoms with Crippen molar-refractivity contribution in [3.8, 4) is 0 Å². The van der Waals surface area contributed by atoms with Gasteiger partial charge in [0.05, 0.1) is 10.4 Å². The molecule has 3 aromatic carbocycles. The van der Waals surface area contributed by atoms with Gasteiger partial charge in [-0.3, -0.25) is 19.8 Å². The van der Waals surface area contributed by atoms with Gasteiger partial charge in [-0.15, -0.1) is 0 Å². The quantitative estimate of drug-likeness (QED) is 0.154. The van der Waals surface area contributed by atoms with Crippen molar-refractivity contribution in [2.75, 3.05) is 32.7 Å². The first-order valence-corrected chi connectivity index (χ1v) is 14.0. The fraction of sp³-hybridized carbons (Fsp3) is 0.250. The normalized spacial score (nSPS) is 15.8. The highest BCUT2D eigenvalue weighted by Crippen LogP contribution is 2.44. The summed E-state index contributed by atoms with van der Waals surface area (Å²) in [5, 5.41) is 31.7. The third-order valence-corrected chi connectivity index (χ3v) is 7.87. The zero-order chi connectivity index (χ0) is 32.4. The first-order chi connectivity index (χ1) is 21.4. The summed E-state index contributed by atoms with van der Waals surface area (Å²) in [5.41, 5.74) is -2.13. The Morgan fingerprint density at radius 1 is 0.956 bits per heavy atom. The number of nitro benzene ring substituents is 1. The number of carboxylic acid groups (broad SMARTS) is 1. The summed E-state index contributed by atoms with van der Waals surface area (Å²) in [7, 11) is 0. The van der Waals surface area contributed by atoms with Crippen molar-refractivity contribution >= 4 is 34.5 Å². The van der Waals surface area contributed by atoms with Crippen LogP contribution < -0.4 is 0 Å². The Morgan fingerprint density at radius 2 is 1.62 bits per heavy atom. The molecular formula is C32H29F3N4O6. The molecule has 0 radical (unpaired) electrons. The number of rotatable bonds is 9. The van der Waals surface area contributed by atoms with E-state index in [-0.39, 0.29) is 55.2 Å². The number of hydrogen-bond donors (Lipinski definition) is 2. The molecule has 10 nitrogen and oxygen atoms in total. The first kappa shape index (κ1) is 31.4. The van der Waals surface area contributed by atoms with Crippen molar-refractivity contribution in [2.24, 2.45) is 0 Å². The molecule has 1 unspecified atom stereocenters. The maximum Gasteiger partial charge on any atom is 0.422 e. The molecule has 1 aromatic heterocycles. The van der Waals surface area contributed by atoms with E-state index in [0.29, 0.717) is 11.1 Å². The van der Waals surface area contributed by atoms with E-state index in [9.17, 15) is 38.0 Å². The molecule has 1 saturated heterocycles. The molecule has 1 fully saturated rings. The molecule has 0 saturated carbocycles. The summed E-state index contributed by atoms with van der Waals surface area (Å²) in [6.45, 7) is -0.297. The summed E-state index contributed by atoms with van der Waals surface area (Å²) in [5.74, 6) is -1.42. The number of non-ortho nitro benzene ring substituents is 1. The minimum atomic E-state index is -5.09. The molecule has 1 aliphatic rings. The zero-order valence-corrected chi connectivity index (χ0v) is 23.9. The minimum Gasteiger partial charge on any atom is -0.478 e. The van der Waals surface area contributed by atoms with Crippen LogP contribution in [0.4, 0.5) is 18.9 Å². The number of carbonyl (C=O) groups excluding carboxylic acids is 1. The van der Waals surface area contributed by atoms with Gasteiger partial charge < -0.3 is 19.7 Å². The second-order valence-electron chi connectivity index (χ2n) is 10.8. The highest BCUT2D eigenvalue weighted by atomic mass is 19.4. The Morgan fingerprint density at radius 3 is 2.22 bits per heavy atom. The van der Waals surface area contributed by atoms with Crippen LogP contribution in [0.3, 0.4) is 0 Å². The van der Waals surface area contributed by atoms with Crippen LogP contribution in [0.2, 0.25) is 0 Å². The van der Waals surface area contributed by atoms with Gasteiger partial charge in [0, 0.05) is 80.2 Å². The van der Waals surface area contributed by atoms with Crippen LogP contribution in [0.5, 0.6) is 0 Å². The molecular weight excluding hydrogens is 593 g/mol. The number of alkyl halides is 3. The Hall–Kier alpha value is -5.01. The van der Waals surface area contributed by atoms with Crippen molar-refractivity contribution in [2.45, 2.75) is 18.3 Å². The van der Waals surface area contributed by atoms with E-state index >= 15 is 0 Å². The standard InChI is InChI=1S/C32H29F3N4O6/c33-32(34,35)31(43,21-36-14-16-37(17-15-36)30(42)24-9-6-22(7-10-24)8-13-29(40)41)27-20-38(19-23-4-2-1-3-5-23)28-18-25(39(44)45)11-12-26(27)28/h1-13,18,20,43H,14-17,19,21H2,(H,40,41)/b13-8+. The van der Waals surface area contributed by atoms with Crippen molar-refractivity contribution in [1.82, 2.24) is 14.4 Å². The second kappa shape index (κ2) is 12.5. The SMILES string of the molecule is O=C(O)/C=C/c1ccc(C(=O)N2CCN(CC(O)(c3cn(Cc4ccccc4)c4cc([N+](=O)[O-])ccc34)C(F)(F)F)CC2)cc1. The fourth-order valence-electron chi connectivity index (χ4n) is 5.48. The molecule has 0 spiro atoms. The lowest BCUT2D eigenvalue weighted by atomic mass is 9.91. The van der Waals surface area contributed by atoms with Gasteiger partial charge in [0.2, 0.25) is 5.60 Å². The van der Waals surface area contributed by atoms with E-state index in [0.717, 1.165) is 17.7 Å². The van der Waals surface area contributed by atoms with Gasteiger partial charge in [-0.1, -0.05) is 42.5 Å². The van der Waals surface area contributed by atoms with Crippen LogP contribution in [-0.4, -0.2) is 80.3 Å². The monoisotopic (exact) mass is 622 g/mol. The molecule has 234 valence electrons. The van der Waals surface area contributed by atoms with Crippen LogP contribution in [0.1, 0.15) is 27.0 Å². The number of carbonyl (C=O) groups is 2. The zero-order valence-electron chi connectivity index (χ0n) is 23.9. The van der Waals surface area contributed by atoms with Gasteiger partial charge in [-0.25, -0.2) is 4.79 Å². The summed E-state index contributed by atoms with van der Waals surface area (Å²) in [4.78, 5) is 37.6. The number of benzene rings is 3. The topological polar surface area (TPSA) is 129 Å². The van der Waals surface area contributed by atoms with Crippen molar-refractivity contribution in [1.29, 1.82) is 0 Å². The van der Waals surface area contributed by atoms with Gasteiger partial charge in [0.1, 0.15) is 0 Å². The number of aromatic nitrogens is 1. The summed E-state index contributed by atoms with van der Waals surface area (Å²) in [6.07, 6.45) is -1.52. The number of β-amino-alcohol motifs (C(OH)–C–C–N with tert-alkyl or cyclic N) is 1. The summed E-state index contributed by atoms with van der Waals surface area (Å²) in [6, 6.07) is 18.8. The van der Waals surface area contributed by atoms with Crippen molar-refractivity contribution in [3.63, 3.8) is 0 Å². The molecule has 1 amide bonds. The number of nitrogens with zero attached hydrogens (tertiary/aromatic N) is 4. The molecule has 1 atom stereocenters. The maximum atomic E-state index is 14.8. The van der Waals surface area contributed by atoms with Crippen molar-refractivity contribution in [3.05, 3.63) is 117 Å². The number of hydrogen-bond acceptors (Lipinski definition) is 6. The molecule has 45 heavy (non-hydrogen) atoms. The Balaban J connectivity index is 1.38. The average molecular weight is 623 g/mol. The van der Waals surface area contributed by atoms with E-state index < -0.39 is 34.8 Å². The Bertz CT molecular complexity index is 1750. The lowest BCUT2D eigenvalue weighted by Crippen LogP contribution is -2.56. The number of aliphatic carboxylic acids is 1. The van der Waals surface area contributed by atoms with Gasteiger partial charge in [0.15, 0.2) is 0 Å². The first-order valence-electron chi connectivity index (χ1n) is 14.0. The molecule has 0 bridgehead atoms. The number of halogens is 3. The predicted octanol–water partition coefficient (Wildman–Crippen LogP) is 4.90. The number of piperazine rings is 1. The summed E-state index contributed by atoms with van der Waals surface area (Å²) < 4.78 is 45.8. The van der Waals surface area contributed by atoms with Crippen LogP contribution in [0, 0.1) is 10.1 Å². The molecule has 1 aliphatic heterocycles. The Labute approximate surface area is 255 Å². The number of amides is 1. The van der Waals surface area contributed by atoms with Crippen LogP contribution >= 0.6 is 0 Å². The molecule has 0 aliphatic carbocycles. The van der Waals surface area contributed by atoms with E-state index in [2.05, 4.69) is 0 Å². The van der Waals surface area contributed by atoms with Gasteiger partial charge >= 0.3 is 12.1 Å². The van der Waals surface area contributed by atoms with E-state index in [1.807, 2.05) is 0 Å². The molecule has 13 heteroatoms. The minimum absolute atomic E-state index is 0.0480. The Kier molecular flexibility index (Phi) is 8.75. The molecule has 5 rings (SSSR count). The number of fused-ring (bicyclic) bond motifs is 1. The van der Waals surface area contributed by atoms with Gasteiger partial charge in [-0.2, -0.15) is 13.2 Å². The largest absolute Gasteiger partial charge is 0.478 e. The third kappa shape index (κ3) is 6.74. The smallest absolute Gasteiger partial charge is 0.422 e. The molecule has 4 aromatic rings. The lowest BCUT2D eigenvalue weighted by molar-refractivity contribution is -0.384. The number of carboxylic acids is 1. The lowest BCUT2D eigenvalue weighted by Gasteiger charge is -2.40. The van der Waals surface area contributed by atoms with Gasteiger partial charge in [-0.05, 0) is 35.4 Å². The molecule has 2 N–H and O–H groups in total. The number of nitro groups is 1. The second-order valence-corrected chi connectivity index (χ2v) is 10.8. The highest BCUT2D eigenvalue weighted by molar-refractivity contribution is 5.94. The van der Waals surface area contributed by atoms with Crippen molar-refractivity contribution < 1.29 is 37.9 Å². The van der Waals surface area contributed by atoms with E-state index in [1.54, 1.807) is 54.6 Å². The molecule has 2 heterocycles. The third-order valence-electron chi connectivity index (χ3n) is 7.87. The van der Waals surface area contributed by atoms with E-state index in [1.165, 1.54) is 38.8 Å². The van der Waals surface area contributed by atoms with E-state index in [4.69, 9.17) is 5.11 Å². The van der Waals surface area contributed by atoms with Crippen LogP contribution in [0.25, 0.3) is 17.0 Å². The maximum absolute atomic E-state index is 14.8. The van der Waals surface area contributed by atoms with Gasteiger partial charge in [0.25, 0.3) is 11.6 Å². The average Bonchev–Trinajstić information content (AvgIpc) is 3.38. The highest BCUT2D eigenvalue weighted by Gasteiger charge is 2.57. The van der Waals surface area contributed by atoms with Crippen LogP contribution in [-0.2, 0) is 16.9 Å². The summed E-state index contributed by atoms with van der Waals surface area (Å²) >= 11 is 0. The van der Waals surface area contributed by atoms with Crippen LogP contribution in [0.15, 0.2) is 85.1 Å².